The minimum atomic E-state index is -0.327. The van der Waals surface area contributed by atoms with Gasteiger partial charge in [0.2, 0.25) is 0 Å². The van der Waals surface area contributed by atoms with E-state index in [0.29, 0.717) is 24.5 Å². The lowest BCUT2D eigenvalue weighted by molar-refractivity contribution is 0.102. The summed E-state index contributed by atoms with van der Waals surface area (Å²) < 4.78 is 0. The molecule has 3 aromatic rings. The van der Waals surface area contributed by atoms with Crippen LogP contribution in [0.5, 0.6) is 0 Å². The molecule has 0 atom stereocenters. The maximum Gasteiger partial charge on any atom is 0.322 e. The summed E-state index contributed by atoms with van der Waals surface area (Å²) in [5, 5.41) is 9.28. The van der Waals surface area contributed by atoms with Gasteiger partial charge in [-0.3, -0.25) is 9.78 Å². The van der Waals surface area contributed by atoms with Gasteiger partial charge in [-0.05, 0) is 63.3 Å². The lowest BCUT2D eigenvalue weighted by atomic mass is 10.2. The number of urea groups is 1. The van der Waals surface area contributed by atoms with Gasteiger partial charge in [0.25, 0.3) is 5.91 Å². The molecule has 8 nitrogen and oxygen atoms in total. The van der Waals surface area contributed by atoms with E-state index in [0.717, 1.165) is 29.8 Å². The maximum absolute atomic E-state index is 13.0. The van der Waals surface area contributed by atoms with Crippen molar-refractivity contribution in [1.29, 1.82) is 0 Å². The molecule has 9 heteroatoms. The predicted molar refractivity (Wildman–Crippen MR) is 135 cm³/mol. The normalized spacial score (nSPS) is 10.8. The summed E-state index contributed by atoms with van der Waals surface area (Å²) in [5.41, 5.74) is 9.89. The molecular weight excluding hydrogens is 436 g/mol. The Morgan fingerprint density at radius 3 is 2.55 bits per heavy atom. The third-order valence-electron chi connectivity index (χ3n) is 4.96. The van der Waals surface area contributed by atoms with Crippen LogP contribution in [-0.2, 0) is 6.54 Å². The van der Waals surface area contributed by atoms with Crippen LogP contribution in [-0.4, -0.2) is 53.9 Å². The van der Waals surface area contributed by atoms with Crippen LogP contribution in [0.1, 0.15) is 28.0 Å². The standard InChI is InChI=1S/C24H30N6O2S/c1-17-6-4-7-19(12-17)27-24(32)30(11-5-10-29(2)3)14-18-8-9-21(26-13-18)23(31)28-22-16-33-15-20(22)25/h4,6-9,12-13,15-16H,5,10-11,14,25H2,1-3H3,(H,27,32)(H,28,31). The van der Waals surface area contributed by atoms with Crippen LogP contribution in [0.3, 0.4) is 0 Å². The van der Waals surface area contributed by atoms with E-state index in [-0.39, 0.29) is 17.6 Å². The molecule has 0 bridgehead atoms. The number of amides is 3. The van der Waals surface area contributed by atoms with E-state index >= 15 is 0 Å². The molecule has 0 saturated carbocycles. The van der Waals surface area contributed by atoms with Crippen LogP contribution < -0.4 is 16.4 Å². The number of pyridine rings is 1. The minimum absolute atomic E-state index is 0.172. The highest BCUT2D eigenvalue weighted by atomic mass is 32.1. The van der Waals surface area contributed by atoms with Gasteiger partial charge >= 0.3 is 6.03 Å². The number of nitrogens with zero attached hydrogens (tertiary/aromatic N) is 3. The van der Waals surface area contributed by atoms with Crippen LogP contribution in [0.15, 0.2) is 53.4 Å². The Balaban J connectivity index is 1.67. The van der Waals surface area contributed by atoms with Crippen LogP contribution in [0.2, 0.25) is 0 Å². The van der Waals surface area contributed by atoms with Crippen molar-refractivity contribution in [2.24, 2.45) is 0 Å². The van der Waals surface area contributed by atoms with Crippen molar-refractivity contribution in [2.45, 2.75) is 19.9 Å². The van der Waals surface area contributed by atoms with Gasteiger partial charge in [0.15, 0.2) is 0 Å². The molecule has 0 spiro atoms. The largest absolute Gasteiger partial charge is 0.396 e. The third kappa shape index (κ3) is 7.30. The van der Waals surface area contributed by atoms with Gasteiger partial charge in [0, 0.05) is 35.7 Å². The lowest BCUT2D eigenvalue weighted by Crippen LogP contribution is -2.36. The molecule has 0 saturated heterocycles. The highest BCUT2D eigenvalue weighted by Crippen LogP contribution is 2.23. The average molecular weight is 467 g/mol. The second-order valence-corrected chi connectivity index (χ2v) is 8.87. The van der Waals surface area contributed by atoms with E-state index < -0.39 is 0 Å². The quantitative estimate of drug-likeness (QED) is 0.437. The summed E-state index contributed by atoms with van der Waals surface area (Å²) in [6.07, 6.45) is 2.47. The number of aromatic nitrogens is 1. The Bertz CT molecular complexity index is 1080. The molecule has 0 unspecified atom stereocenters. The number of nitrogens with one attached hydrogen (secondary N) is 2. The molecule has 0 aliphatic carbocycles. The first-order valence-corrected chi connectivity index (χ1v) is 11.6. The van der Waals surface area contributed by atoms with Crippen molar-refractivity contribution in [3.63, 3.8) is 0 Å². The van der Waals surface area contributed by atoms with Crippen LogP contribution in [0, 0.1) is 6.92 Å². The molecular formula is C24H30N6O2S. The van der Waals surface area contributed by atoms with Crippen LogP contribution in [0.25, 0.3) is 0 Å². The third-order valence-corrected chi connectivity index (χ3v) is 5.72. The number of nitrogen functional groups attached to an aromatic ring is 1. The number of carbonyl (C=O) groups is 2. The van der Waals surface area contributed by atoms with Crippen LogP contribution >= 0.6 is 11.3 Å². The molecule has 0 aliphatic rings. The number of hydrogen-bond acceptors (Lipinski definition) is 6. The molecule has 3 amide bonds. The fourth-order valence-electron chi connectivity index (χ4n) is 3.22. The van der Waals surface area contributed by atoms with E-state index in [1.807, 2.05) is 51.4 Å². The predicted octanol–water partition coefficient (Wildman–Crippen LogP) is 4.27. The van der Waals surface area contributed by atoms with Crippen molar-refractivity contribution in [3.8, 4) is 0 Å². The number of rotatable bonds is 9. The highest BCUT2D eigenvalue weighted by Gasteiger charge is 2.16. The Morgan fingerprint density at radius 1 is 1.09 bits per heavy atom. The van der Waals surface area contributed by atoms with Gasteiger partial charge in [-0.1, -0.05) is 18.2 Å². The second-order valence-electron chi connectivity index (χ2n) is 8.12. The van der Waals surface area contributed by atoms with Gasteiger partial charge in [-0.15, -0.1) is 11.3 Å². The Hall–Kier alpha value is -3.43. The van der Waals surface area contributed by atoms with E-state index in [2.05, 4.69) is 20.5 Å². The van der Waals surface area contributed by atoms with Crippen molar-refractivity contribution >= 4 is 40.3 Å². The summed E-state index contributed by atoms with van der Waals surface area (Å²) >= 11 is 1.42. The van der Waals surface area contributed by atoms with Crippen molar-refractivity contribution in [1.82, 2.24) is 14.8 Å². The number of thiophene rings is 1. The van der Waals surface area contributed by atoms with Crippen LogP contribution in [0.4, 0.5) is 21.9 Å². The summed E-state index contributed by atoms with van der Waals surface area (Å²) in [6, 6.07) is 11.0. The second kappa shape index (κ2) is 11.4. The average Bonchev–Trinajstić information content (AvgIpc) is 3.17. The molecule has 4 N–H and O–H groups in total. The van der Waals surface area contributed by atoms with Gasteiger partial charge in [-0.25, -0.2) is 4.79 Å². The zero-order valence-electron chi connectivity index (χ0n) is 19.2. The highest BCUT2D eigenvalue weighted by molar-refractivity contribution is 7.09. The monoisotopic (exact) mass is 466 g/mol. The van der Waals surface area contributed by atoms with Crippen molar-refractivity contribution in [3.05, 3.63) is 70.2 Å². The number of hydrogen-bond donors (Lipinski definition) is 3. The zero-order valence-corrected chi connectivity index (χ0v) is 20.0. The molecule has 0 fully saturated rings. The zero-order chi connectivity index (χ0) is 23.8. The fraction of sp³-hybridized carbons (Fsp3) is 0.292. The first-order chi connectivity index (χ1) is 15.8. The van der Waals surface area contributed by atoms with Gasteiger partial charge in [0.1, 0.15) is 5.69 Å². The summed E-state index contributed by atoms with van der Waals surface area (Å²) in [4.78, 5) is 33.6. The van der Waals surface area contributed by atoms with E-state index in [1.54, 1.807) is 27.9 Å². The van der Waals surface area contributed by atoms with Gasteiger partial charge < -0.3 is 26.2 Å². The molecule has 33 heavy (non-hydrogen) atoms. The Labute approximate surface area is 198 Å². The first kappa shape index (κ1) is 24.2. The molecule has 0 radical (unpaired) electrons. The lowest BCUT2D eigenvalue weighted by Gasteiger charge is -2.24. The van der Waals surface area contributed by atoms with E-state index in [1.165, 1.54) is 11.3 Å². The van der Waals surface area contributed by atoms with Crippen molar-refractivity contribution in [2.75, 3.05) is 43.6 Å². The van der Waals surface area contributed by atoms with Crippen molar-refractivity contribution < 1.29 is 9.59 Å². The number of aryl methyl sites for hydroxylation is 1. The molecule has 0 aliphatic heterocycles. The SMILES string of the molecule is Cc1cccc(NC(=O)N(CCCN(C)C)Cc2ccc(C(=O)Nc3cscc3N)nc2)c1. The molecule has 3 rings (SSSR count). The summed E-state index contributed by atoms with van der Waals surface area (Å²) in [7, 11) is 4.02. The summed E-state index contributed by atoms with van der Waals surface area (Å²) in [5.74, 6) is -0.327. The van der Waals surface area contributed by atoms with Gasteiger partial charge in [0.05, 0.1) is 11.4 Å². The molecule has 2 aromatic heterocycles. The number of nitrogens with two attached hydrogens (primary N) is 1. The Kier molecular flexibility index (Phi) is 8.39. The molecule has 2 heterocycles. The van der Waals surface area contributed by atoms with E-state index in [9.17, 15) is 9.59 Å². The minimum Gasteiger partial charge on any atom is -0.396 e. The number of benzene rings is 1. The number of anilines is 3. The smallest absolute Gasteiger partial charge is 0.322 e. The van der Waals surface area contributed by atoms with Gasteiger partial charge in [-0.2, -0.15) is 0 Å². The fourth-order valence-corrected chi connectivity index (χ4v) is 3.90. The Morgan fingerprint density at radius 2 is 1.91 bits per heavy atom. The summed E-state index contributed by atoms with van der Waals surface area (Å²) in [6.45, 7) is 3.84. The van der Waals surface area contributed by atoms with E-state index in [4.69, 9.17) is 5.73 Å². The first-order valence-electron chi connectivity index (χ1n) is 10.7. The maximum atomic E-state index is 13.0. The number of carbonyl (C=O) groups excluding carboxylic acids is 2. The molecule has 1 aromatic carbocycles. The topological polar surface area (TPSA) is 104 Å². The molecule has 174 valence electrons.